The van der Waals surface area contributed by atoms with Crippen molar-refractivity contribution >= 4 is 11.6 Å². The van der Waals surface area contributed by atoms with E-state index in [1.165, 1.54) is 0 Å². The average Bonchev–Trinajstić information content (AvgIpc) is 2.49. The molecular weight excluding hydrogens is 252 g/mol. The maximum absolute atomic E-state index is 11.9. The van der Waals surface area contributed by atoms with Crippen molar-refractivity contribution in [2.75, 3.05) is 37.7 Å². The van der Waals surface area contributed by atoms with E-state index >= 15 is 0 Å². The number of amides is 1. The fourth-order valence-corrected chi connectivity index (χ4v) is 2.03. The summed E-state index contributed by atoms with van der Waals surface area (Å²) in [6.07, 6.45) is 0.844. The number of rotatable bonds is 9. The van der Waals surface area contributed by atoms with Gasteiger partial charge in [0.1, 0.15) is 0 Å². The van der Waals surface area contributed by atoms with E-state index in [0.717, 1.165) is 31.8 Å². The Labute approximate surface area is 122 Å². The quantitative estimate of drug-likeness (QED) is 0.706. The van der Waals surface area contributed by atoms with Crippen LogP contribution >= 0.6 is 0 Å². The summed E-state index contributed by atoms with van der Waals surface area (Å²) in [4.78, 5) is 14.2. The van der Waals surface area contributed by atoms with Gasteiger partial charge in [-0.05, 0) is 51.5 Å². The zero-order chi connectivity index (χ0) is 14.8. The van der Waals surface area contributed by atoms with Gasteiger partial charge in [0.25, 0.3) is 5.91 Å². The van der Waals surface area contributed by atoms with Crippen molar-refractivity contribution in [1.29, 1.82) is 0 Å². The van der Waals surface area contributed by atoms with Crippen LogP contribution in [0.15, 0.2) is 24.3 Å². The normalized spacial score (nSPS) is 10.3. The summed E-state index contributed by atoms with van der Waals surface area (Å²) in [6, 6.07) is 7.77. The van der Waals surface area contributed by atoms with Crippen LogP contribution in [0.1, 0.15) is 37.6 Å². The maximum atomic E-state index is 11.9. The van der Waals surface area contributed by atoms with Crippen LogP contribution in [0.25, 0.3) is 0 Å². The van der Waals surface area contributed by atoms with Gasteiger partial charge >= 0.3 is 0 Å². The van der Waals surface area contributed by atoms with Crippen LogP contribution in [0.3, 0.4) is 0 Å². The Balaban J connectivity index is 2.45. The van der Waals surface area contributed by atoms with Crippen molar-refractivity contribution in [1.82, 2.24) is 5.32 Å². The molecule has 1 rings (SSSR count). The third-order valence-corrected chi connectivity index (χ3v) is 3.21. The van der Waals surface area contributed by atoms with Gasteiger partial charge in [-0.2, -0.15) is 0 Å². The van der Waals surface area contributed by atoms with Crippen molar-refractivity contribution in [2.45, 2.75) is 27.2 Å². The lowest BCUT2D eigenvalue weighted by Gasteiger charge is -2.21. The van der Waals surface area contributed by atoms with Crippen LogP contribution < -0.4 is 10.2 Å². The first-order valence-electron chi connectivity index (χ1n) is 7.43. The number of carbonyl (C=O) groups excluding carboxylic acids is 1. The van der Waals surface area contributed by atoms with Gasteiger partial charge in [-0.25, -0.2) is 0 Å². The first-order chi connectivity index (χ1) is 9.72. The van der Waals surface area contributed by atoms with Gasteiger partial charge in [-0.3, -0.25) is 4.79 Å². The van der Waals surface area contributed by atoms with Gasteiger partial charge in [0.2, 0.25) is 0 Å². The molecule has 0 unspecified atom stereocenters. The molecule has 1 N–H and O–H groups in total. The zero-order valence-corrected chi connectivity index (χ0v) is 12.8. The molecule has 1 aromatic rings. The number of ether oxygens (including phenoxy) is 1. The average molecular weight is 278 g/mol. The molecule has 0 fully saturated rings. The third kappa shape index (κ3) is 5.21. The number of nitrogens with zero attached hydrogens (tertiary/aromatic N) is 1. The van der Waals surface area contributed by atoms with Gasteiger partial charge < -0.3 is 15.0 Å². The third-order valence-electron chi connectivity index (χ3n) is 3.21. The lowest BCUT2D eigenvalue weighted by atomic mass is 10.2. The Morgan fingerprint density at radius 3 is 2.35 bits per heavy atom. The molecular formula is C16H26N2O2. The second-order valence-electron chi connectivity index (χ2n) is 4.53. The van der Waals surface area contributed by atoms with Crippen LogP contribution in [-0.4, -0.2) is 38.8 Å². The largest absolute Gasteiger partial charge is 0.382 e. The standard InChI is InChI=1S/C16H26N2O2/c1-4-18(5-2)15-10-8-14(9-11-15)16(19)17-12-7-13-20-6-3/h8-11H,4-7,12-13H2,1-3H3,(H,17,19). The lowest BCUT2D eigenvalue weighted by molar-refractivity contribution is 0.0944. The van der Waals surface area contributed by atoms with E-state index in [1.807, 2.05) is 31.2 Å². The molecule has 112 valence electrons. The Bertz CT molecular complexity index is 386. The fourth-order valence-electron chi connectivity index (χ4n) is 2.03. The summed E-state index contributed by atoms with van der Waals surface area (Å²) in [7, 11) is 0. The predicted molar refractivity (Wildman–Crippen MR) is 83.4 cm³/mol. The topological polar surface area (TPSA) is 41.6 Å². The zero-order valence-electron chi connectivity index (χ0n) is 12.8. The predicted octanol–water partition coefficient (Wildman–Crippen LogP) is 2.69. The smallest absolute Gasteiger partial charge is 0.251 e. The number of benzene rings is 1. The van der Waals surface area contributed by atoms with Crippen molar-refractivity contribution in [3.05, 3.63) is 29.8 Å². The van der Waals surface area contributed by atoms with Gasteiger partial charge in [-0.15, -0.1) is 0 Å². The van der Waals surface area contributed by atoms with E-state index in [2.05, 4.69) is 24.1 Å². The molecule has 0 radical (unpaired) electrons. The summed E-state index contributed by atoms with van der Waals surface area (Å²) in [6.45, 7) is 10.2. The monoisotopic (exact) mass is 278 g/mol. The molecule has 0 aromatic heterocycles. The molecule has 0 spiro atoms. The minimum atomic E-state index is -0.0207. The van der Waals surface area contributed by atoms with Gasteiger partial charge in [-0.1, -0.05) is 0 Å². The lowest BCUT2D eigenvalue weighted by Crippen LogP contribution is -2.25. The molecule has 0 heterocycles. The molecule has 0 aliphatic heterocycles. The molecule has 0 saturated carbocycles. The van der Waals surface area contributed by atoms with E-state index in [0.29, 0.717) is 18.7 Å². The van der Waals surface area contributed by atoms with Crippen LogP contribution in [0.2, 0.25) is 0 Å². The molecule has 1 aromatic carbocycles. The summed E-state index contributed by atoms with van der Waals surface area (Å²) in [5, 5.41) is 2.90. The minimum absolute atomic E-state index is 0.0207. The Kier molecular flexibility index (Phi) is 7.73. The molecule has 1 amide bonds. The highest BCUT2D eigenvalue weighted by molar-refractivity contribution is 5.94. The second kappa shape index (κ2) is 9.37. The SMILES string of the molecule is CCOCCCNC(=O)c1ccc(N(CC)CC)cc1. The maximum Gasteiger partial charge on any atom is 0.251 e. The summed E-state index contributed by atoms with van der Waals surface area (Å²) in [5.74, 6) is -0.0207. The number of anilines is 1. The van der Waals surface area contributed by atoms with E-state index < -0.39 is 0 Å². The fraction of sp³-hybridized carbons (Fsp3) is 0.562. The molecule has 0 atom stereocenters. The van der Waals surface area contributed by atoms with E-state index in [1.54, 1.807) is 0 Å². The molecule has 4 nitrogen and oxygen atoms in total. The van der Waals surface area contributed by atoms with Gasteiger partial charge in [0.15, 0.2) is 0 Å². The van der Waals surface area contributed by atoms with Crippen LogP contribution in [0.5, 0.6) is 0 Å². The van der Waals surface area contributed by atoms with E-state index in [-0.39, 0.29) is 5.91 Å². The van der Waals surface area contributed by atoms with Gasteiger partial charge in [0.05, 0.1) is 0 Å². The first-order valence-corrected chi connectivity index (χ1v) is 7.43. The molecule has 0 aliphatic carbocycles. The van der Waals surface area contributed by atoms with Crippen molar-refractivity contribution in [3.8, 4) is 0 Å². The molecule has 0 aliphatic rings. The van der Waals surface area contributed by atoms with Gasteiger partial charge in [0, 0.05) is 44.1 Å². The van der Waals surface area contributed by atoms with Crippen molar-refractivity contribution in [2.24, 2.45) is 0 Å². The molecule has 0 saturated heterocycles. The molecule has 4 heteroatoms. The number of hydrogen-bond donors (Lipinski definition) is 1. The second-order valence-corrected chi connectivity index (χ2v) is 4.53. The van der Waals surface area contributed by atoms with Crippen molar-refractivity contribution in [3.63, 3.8) is 0 Å². The Morgan fingerprint density at radius 2 is 1.80 bits per heavy atom. The van der Waals surface area contributed by atoms with E-state index in [9.17, 15) is 4.79 Å². The Morgan fingerprint density at radius 1 is 1.15 bits per heavy atom. The summed E-state index contributed by atoms with van der Waals surface area (Å²) < 4.78 is 5.23. The molecule has 20 heavy (non-hydrogen) atoms. The minimum Gasteiger partial charge on any atom is -0.382 e. The van der Waals surface area contributed by atoms with Crippen LogP contribution in [0.4, 0.5) is 5.69 Å². The highest BCUT2D eigenvalue weighted by Crippen LogP contribution is 2.14. The van der Waals surface area contributed by atoms with Crippen LogP contribution in [0, 0.1) is 0 Å². The highest BCUT2D eigenvalue weighted by atomic mass is 16.5. The first kappa shape index (κ1) is 16.5. The van der Waals surface area contributed by atoms with Crippen LogP contribution in [-0.2, 0) is 4.74 Å². The number of nitrogens with one attached hydrogen (secondary N) is 1. The van der Waals surface area contributed by atoms with Crippen molar-refractivity contribution < 1.29 is 9.53 Å². The summed E-state index contributed by atoms with van der Waals surface area (Å²) >= 11 is 0. The number of carbonyl (C=O) groups is 1. The Hall–Kier alpha value is -1.55. The van der Waals surface area contributed by atoms with E-state index in [4.69, 9.17) is 4.74 Å². The highest BCUT2D eigenvalue weighted by Gasteiger charge is 2.06. The number of hydrogen-bond acceptors (Lipinski definition) is 3. The summed E-state index contributed by atoms with van der Waals surface area (Å²) in [5.41, 5.74) is 1.86. The molecule has 0 bridgehead atoms.